The summed E-state index contributed by atoms with van der Waals surface area (Å²) in [5.74, 6) is 0.651. The van der Waals surface area contributed by atoms with Crippen LogP contribution in [0.15, 0.2) is 24.3 Å². The summed E-state index contributed by atoms with van der Waals surface area (Å²) in [6.07, 6.45) is 3.85. The molecule has 1 aromatic carbocycles. The first kappa shape index (κ1) is 10.3. The van der Waals surface area contributed by atoms with Crippen LogP contribution in [0.1, 0.15) is 29.9 Å². The third-order valence-corrected chi connectivity index (χ3v) is 3.76. The first-order chi connectivity index (χ1) is 7.93. The van der Waals surface area contributed by atoms with Crippen LogP contribution in [0, 0.1) is 0 Å². The minimum absolute atomic E-state index is 0.651. The highest BCUT2D eigenvalue weighted by Crippen LogP contribution is 2.28. The highest BCUT2D eigenvalue weighted by Gasteiger charge is 2.24. The van der Waals surface area contributed by atoms with Gasteiger partial charge in [0.25, 0.3) is 0 Å². The molecule has 86 valence electrons. The lowest BCUT2D eigenvalue weighted by molar-refractivity contribution is 0.00804. The summed E-state index contributed by atoms with van der Waals surface area (Å²) in [7, 11) is 0. The summed E-state index contributed by atoms with van der Waals surface area (Å²) in [5, 5.41) is 3.58. The summed E-state index contributed by atoms with van der Waals surface area (Å²) in [4.78, 5) is 0. The zero-order valence-electron chi connectivity index (χ0n) is 9.61. The van der Waals surface area contributed by atoms with Gasteiger partial charge in [-0.15, -0.1) is 0 Å². The van der Waals surface area contributed by atoms with E-state index < -0.39 is 0 Å². The van der Waals surface area contributed by atoms with E-state index in [1.54, 1.807) is 0 Å². The van der Waals surface area contributed by atoms with Gasteiger partial charge in [-0.05, 0) is 36.9 Å². The number of rotatable bonds is 3. The van der Waals surface area contributed by atoms with Crippen molar-refractivity contribution in [3.8, 4) is 0 Å². The molecule has 0 spiro atoms. The van der Waals surface area contributed by atoms with Crippen LogP contribution >= 0.6 is 0 Å². The maximum absolute atomic E-state index is 5.30. The van der Waals surface area contributed by atoms with Crippen LogP contribution in [0.5, 0.6) is 0 Å². The molecule has 16 heavy (non-hydrogen) atoms. The van der Waals surface area contributed by atoms with E-state index in [4.69, 9.17) is 4.74 Å². The Kier molecular flexibility index (Phi) is 2.94. The fraction of sp³-hybridized carbons (Fsp3) is 0.571. The van der Waals surface area contributed by atoms with Crippen molar-refractivity contribution >= 4 is 0 Å². The van der Waals surface area contributed by atoms with Crippen molar-refractivity contribution in [1.29, 1.82) is 0 Å². The predicted molar refractivity (Wildman–Crippen MR) is 64.7 cm³/mol. The van der Waals surface area contributed by atoms with E-state index in [1.807, 2.05) is 0 Å². The number of nitrogens with one attached hydrogen (secondary N) is 1. The first-order valence-electron chi connectivity index (χ1n) is 6.32. The van der Waals surface area contributed by atoms with E-state index in [2.05, 4.69) is 29.6 Å². The molecule has 2 heteroatoms. The average molecular weight is 217 g/mol. The van der Waals surface area contributed by atoms with Gasteiger partial charge >= 0.3 is 0 Å². The lowest BCUT2D eigenvalue weighted by Crippen LogP contribution is -2.28. The molecule has 0 aliphatic carbocycles. The summed E-state index contributed by atoms with van der Waals surface area (Å²) < 4.78 is 5.30. The van der Waals surface area contributed by atoms with Crippen LogP contribution in [0.3, 0.4) is 0 Å². The van der Waals surface area contributed by atoms with E-state index in [0.29, 0.717) is 12.0 Å². The molecule has 0 bridgehead atoms. The van der Waals surface area contributed by atoms with Crippen molar-refractivity contribution in [1.82, 2.24) is 5.32 Å². The molecule has 3 rings (SSSR count). The fourth-order valence-corrected chi connectivity index (χ4v) is 2.73. The standard InChI is InChI=1S/C14H19NO/c1-2-6-14(12-9-16-10-12)11(4-1)8-13-5-3-7-15-13/h1-2,4,6,12-13,15H,3,5,7-10H2. The average Bonchev–Trinajstić information content (AvgIpc) is 2.71. The minimum atomic E-state index is 0.651. The van der Waals surface area contributed by atoms with E-state index in [-0.39, 0.29) is 0 Å². The minimum Gasteiger partial charge on any atom is -0.380 e. The van der Waals surface area contributed by atoms with Gasteiger partial charge in [0.15, 0.2) is 0 Å². The SMILES string of the molecule is c1ccc(C2COC2)c(CC2CCCN2)c1. The van der Waals surface area contributed by atoms with Gasteiger partial charge in [0.05, 0.1) is 13.2 Å². The molecule has 2 nitrogen and oxygen atoms in total. The summed E-state index contributed by atoms with van der Waals surface area (Å²) >= 11 is 0. The van der Waals surface area contributed by atoms with Crippen molar-refractivity contribution in [2.75, 3.05) is 19.8 Å². The van der Waals surface area contributed by atoms with Crippen molar-refractivity contribution in [2.24, 2.45) is 0 Å². The summed E-state index contributed by atoms with van der Waals surface area (Å²) in [6, 6.07) is 9.57. The third-order valence-electron chi connectivity index (χ3n) is 3.76. The topological polar surface area (TPSA) is 21.3 Å². The molecule has 2 fully saturated rings. The zero-order valence-corrected chi connectivity index (χ0v) is 9.61. The molecule has 0 amide bonds. The van der Waals surface area contributed by atoms with Crippen LogP contribution in [-0.4, -0.2) is 25.8 Å². The molecule has 2 aliphatic rings. The van der Waals surface area contributed by atoms with Crippen LogP contribution in [0.4, 0.5) is 0 Å². The number of hydrogen-bond donors (Lipinski definition) is 1. The fourth-order valence-electron chi connectivity index (χ4n) is 2.73. The van der Waals surface area contributed by atoms with Crippen LogP contribution in [0.25, 0.3) is 0 Å². The molecule has 0 aromatic heterocycles. The van der Waals surface area contributed by atoms with Crippen LogP contribution < -0.4 is 5.32 Å². The molecule has 1 aromatic rings. The molecule has 0 saturated carbocycles. The molecule has 1 N–H and O–H groups in total. The molecule has 2 aliphatic heterocycles. The van der Waals surface area contributed by atoms with E-state index >= 15 is 0 Å². The molecule has 1 atom stereocenters. The Hall–Kier alpha value is -0.860. The largest absolute Gasteiger partial charge is 0.380 e. The molecular weight excluding hydrogens is 198 g/mol. The lowest BCUT2D eigenvalue weighted by atomic mass is 9.89. The van der Waals surface area contributed by atoms with E-state index in [0.717, 1.165) is 13.2 Å². The highest BCUT2D eigenvalue weighted by molar-refractivity contribution is 5.32. The molecular formula is C14H19NO. The second kappa shape index (κ2) is 4.56. The molecule has 2 saturated heterocycles. The highest BCUT2D eigenvalue weighted by atomic mass is 16.5. The first-order valence-corrected chi connectivity index (χ1v) is 6.32. The molecule has 0 radical (unpaired) electrons. The van der Waals surface area contributed by atoms with Crippen molar-refractivity contribution in [2.45, 2.75) is 31.2 Å². The smallest absolute Gasteiger partial charge is 0.0557 e. The van der Waals surface area contributed by atoms with Crippen LogP contribution in [0.2, 0.25) is 0 Å². The Morgan fingerprint density at radius 1 is 1.25 bits per heavy atom. The number of benzene rings is 1. The Balaban J connectivity index is 1.76. The van der Waals surface area contributed by atoms with Gasteiger partial charge in [0.2, 0.25) is 0 Å². The number of hydrogen-bond acceptors (Lipinski definition) is 2. The van der Waals surface area contributed by atoms with Crippen molar-refractivity contribution in [3.05, 3.63) is 35.4 Å². The molecule has 2 heterocycles. The second-order valence-electron chi connectivity index (χ2n) is 4.93. The maximum Gasteiger partial charge on any atom is 0.0557 e. The third kappa shape index (κ3) is 2.00. The Morgan fingerprint density at radius 2 is 2.12 bits per heavy atom. The Morgan fingerprint density at radius 3 is 2.81 bits per heavy atom. The predicted octanol–water partition coefficient (Wildman–Crippen LogP) is 2.09. The summed E-state index contributed by atoms with van der Waals surface area (Å²) in [6.45, 7) is 3.02. The van der Waals surface area contributed by atoms with Gasteiger partial charge in [-0.25, -0.2) is 0 Å². The Labute approximate surface area is 97.0 Å². The van der Waals surface area contributed by atoms with Gasteiger partial charge in [0.1, 0.15) is 0 Å². The quantitative estimate of drug-likeness (QED) is 0.837. The lowest BCUT2D eigenvalue weighted by Gasteiger charge is -2.28. The maximum atomic E-state index is 5.30. The van der Waals surface area contributed by atoms with E-state index in [1.165, 1.54) is 36.9 Å². The van der Waals surface area contributed by atoms with Gasteiger partial charge in [-0.1, -0.05) is 24.3 Å². The van der Waals surface area contributed by atoms with Gasteiger partial charge in [-0.3, -0.25) is 0 Å². The number of ether oxygens (including phenoxy) is 1. The van der Waals surface area contributed by atoms with Crippen LogP contribution in [-0.2, 0) is 11.2 Å². The monoisotopic (exact) mass is 217 g/mol. The Bertz CT molecular complexity index is 354. The van der Waals surface area contributed by atoms with Gasteiger partial charge < -0.3 is 10.1 Å². The van der Waals surface area contributed by atoms with Gasteiger partial charge in [0, 0.05) is 12.0 Å². The van der Waals surface area contributed by atoms with E-state index in [9.17, 15) is 0 Å². The van der Waals surface area contributed by atoms with Crippen molar-refractivity contribution < 1.29 is 4.74 Å². The normalized spacial score (nSPS) is 25.6. The van der Waals surface area contributed by atoms with Gasteiger partial charge in [-0.2, -0.15) is 0 Å². The van der Waals surface area contributed by atoms with Crippen molar-refractivity contribution in [3.63, 3.8) is 0 Å². The molecule has 1 unspecified atom stereocenters. The zero-order chi connectivity index (χ0) is 10.8. The second-order valence-corrected chi connectivity index (χ2v) is 4.93. The summed E-state index contributed by atoms with van der Waals surface area (Å²) in [5.41, 5.74) is 3.04.